The number of rotatable bonds is 1. The Kier molecular flexibility index (Phi) is 3.41. The van der Waals surface area contributed by atoms with Gasteiger partial charge in [0.05, 0.1) is 11.2 Å². The average molecular weight is 290 g/mol. The summed E-state index contributed by atoms with van der Waals surface area (Å²) in [5.41, 5.74) is 0.920. The molecule has 1 saturated heterocycles. The second-order valence-corrected chi connectivity index (χ2v) is 9.46. The van der Waals surface area contributed by atoms with Crippen LogP contribution < -0.4 is 0 Å². The summed E-state index contributed by atoms with van der Waals surface area (Å²) in [7, 11) is 0. The van der Waals surface area contributed by atoms with E-state index in [4.69, 9.17) is 4.74 Å². The molecule has 0 aromatic carbocycles. The van der Waals surface area contributed by atoms with Crippen molar-refractivity contribution in [1.82, 2.24) is 0 Å². The maximum absolute atomic E-state index is 6.68. The maximum Gasteiger partial charge on any atom is 0.0839 e. The van der Waals surface area contributed by atoms with Crippen LogP contribution in [0.4, 0.5) is 0 Å². The zero-order valence-electron chi connectivity index (χ0n) is 14.8. The molecule has 1 unspecified atom stereocenters. The number of hydrogen-bond acceptors (Lipinski definition) is 1. The normalized spacial score (nSPS) is 52.6. The van der Waals surface area contributed by atoms with Crippen molar-refractivity contribution >= 4 is 0 Å². The molecule has 3 fully saturated rings. The van der Waals surface area contributed by atoms with E-state index < -0.39 is 0 Å². The Morgan fingerprint density at radius 3 is 2.24 bits per heavy atom. The van der Waals surface area contributed by atoms with Gasteiger partial charge >= 0.3 is 0 Å². The van der Waals surface area contributed by atoms with E-state index in [1.807, 2.05) is 6.08 Å². The van der Waals surface area contributed by atoms with Crippen LogP contribution in [-0.4, -0.2) is 11.2 Å². The predicted octanol–water partition coefficient (Wildman–Crippen LogP) is 5.74. The molecule has 3 aliphatic rings. The van der Waals surface area contributed by atoms with Gasteiger partial charge in [-0.1, -0.05) is 33.3 Å². The Morgan fingerprint density at radius 2 is 1.57 bits per heavy atom. The first-order valence-corrected chi connectivity index (χ1v) is 8.99. The summed E-state index contributed by atoms with van der Waals surface area (Å²) >= 11 is 0. The van der Waals surface area contributed by atoms with Crippen molar-refractivity contribution in [1.29, 1.82) is 0 Å². The lowest BCUT2D eigenvalue weighted by Crippen LogP contribution is -2.62. The molecule has 0 aromatic heterocycles. The van der Waals surface area contributed by atoms with Gasteiger partial charge in [0.15, 0.2) is 0 Å². The highest BCUT2D eigenvalue weighted by atomic mass is 16.5. The van der Waals surface area contributed by atoms with Crippen LogP contribution in [0.25, 0.3) is 0 Å². The van der Waals surface area contributed by atoms with Crippen LogP contribution in [0.3, 0.4) is 0 Å². The van der Waals surface area contributed by atoms with Crippen LogP contribution in [0, 0.1) is 22.7 Å². The molecule has 0 aromatic rings. The summed E-state index contributed by atoms with van der Waals surface area (Å²) in [6, 6.07) is 0. The summed E-state index contributed by atoms with van der Waals surface area (Å²) < 4.78 is 6.68. The van der Waals surface area contributed by atoms with Gasteiger partial charge in [-0.15, -0.1) is 6.58 Å². The minimum absolute atomic E-state index is 0.0554. The molecule has 0 spiro atoms. The zero-order chi connectivity index (χ0) is 15.5. The molecule has 0 bridgehead atoms. The fourth-order valence-corrected chi connectivity index (χ4v) is 6.52. The fraction of sp³-hybridized carbons (Fsp3) is 0.900. The Balaban J connectivity index is 1.94. The van der Waals surface area contributed by atoms with E-state index in [9.17, 15) is 0 Å². The number of ether oxygens (including phenoxy) is 1. The molecule has 1 aliphatic heterocycles. The molecular formula is C20H34O. The average Bonchev–Trinajstić information content (AvgIpc) is 2.36. The van der Waals surface area contributed by atoms with Crippen LogP contribution in [-0.2, 0) is 4.74 Å². The summed E-state index contributed by atoms with van der Waals surface area (Å²) in [5.74, 6) is 1.59. The molecular weight excluding hydrogens is 256 g/mol. The van der Waals surface area contributed by atoms with Crippen molar-refractivity contribution in [2.24, 2.45) is 22.7 Å². The van der Waals surface area contributed by atoms with E-state index in [-0.39, 0.29) is 11.2 Å². The third kappa shape index (κ3) is 2.22. The van der Waals surface area contributed by atoms with E-state index in [0.29, 0.717) is 10.8 Å². The quantitative estimate of drug-likeness (QED) is 0.559. The minimum Gasteiger partial charge on any atom is -0.365 e. The molecule has 1 nitrogen and oxygen atoms in total. The summed E-state index contributed by atoms with van der Waals surface area (Å²) in [6.07, 6.45) is 11.2. The van der Waals surface area contributed by atoms with Crippen molar-refractivity contribution in [3.05, 3.63) is 12.7 Å². The zero-order valence-corrected chi connectivity index (χ0v) is 14.8. The lowest BCUT2D eigenvalue weighted by atomic mass is 9.44. The monoisotopic (exact) mass is 290 g/mol. The third-order valence-electron chi connectivity index (χ3n) is 7.57. The largest absolute Gasteiger partial charge is 0.365 e. The lowest BCUT2D eigenvalue weighted by molar-refractivity contribution is -0.252. The smallest absolute Gasteiger partial charge is 0.0839 e. The molecule has 3 rings (SSSR count). The van der Waals surface area contributed by atoms with Gasteiger partial charge in [0.2, 0.25) is 0 Å². The first-order chi connectivity index (χ1) is 9.65. The van der Waals surface area contributed by atoms with Crippen LogP contribution in [0.2, 0.25) is 0 Å². The lowest BCUT2D eigenvalue weighted by Gasteiger charge is -2.65. The third-order valence-corrected chi connectivity index (χ3v) is 7.57. The number of fused-ring (bicyclic) bond motifs is 3. The molecule has 1 heterocycles. The van der Waals surface area contributed by atoms with Gasteiger partial charge in [0, 0.05) is 0 Å². The highest BCUT2D eigenvalue weighted by molar-refractivity contribution is 5.12. The highest BCUT2D eigenvalue weighted by Crippen LogP contribution is 2.65. The van der Waals surface area contributed by atoms with Crippen LogP contribution in [0.15, 0.2) is 12.7 Å². The molecule has 5 atom stereocenters. The van der Waals surface area contributed by atoms with E-state index in [0.717, 1.165) is 18.3 Å². The van der Waals surface area contributed by atoms with Crippen LogP contribution >= 0.6 is 0 Å². The summed E-state index contributed by atoms with van der Waals surface area (Å²) in [6.45, 7) is 16.2. The van der Waals surface area contributed by atoms with Crippen molar-refractivity contribution in [2.75, 3.05) is 0 Å². The van der Waals surface area contributed by atoms with Gasteiger partial charge in [-0.05, 0) is 75.0 Å². The molecule has 1 heteroatoms. The number of hydrogen-bond donors (Lipinski definition) is 0. The predicted molar refractivity (Wildman–Crippen MR) is 89.3 cm³/mol. The van der Waals surface area contributed by atoms with E-state index >= 15 is 0 Å². The van der Waals surface area contributed by atoms with Gasteiger partial charge in [-0.2, -0.15) is 0 Å². The summed E-state index contributed by atoms with van der Waals surface area (Å²) in [5, 5.41) is 0. The molecule has 0 amide bonds. The second-order valence-electron chi connectivity index (χ2n) is 9.46. The molecule has 2 saturated carbocycles. The first kappa shape index (κ1) is 15.6. The highest BCUT2D eigenvalue weighted by Gasteiger charge is 2.61. The SMILES string of the molecule is C=C[C@]1(C)CCC2[C@@](C)(CC[C@H]3C(C)(C)CCC[C@]23C)O1. The fourth-order valence-electron chi connectivity index (χ4n) is 6.52. The molecule has 0 N–H and O–H groups in total. The van der Waals surface area contributed by atoms with Crippen molar-refractivity contribution in [2.45, 2.75) is 90.8 Å². The van der Waals surface area contributed by atoms with Crippen LogP contribution in [0.5, 0.6) is 0 Å². The Hall–Kier alpha value is -0.300. The standard InChI is InChI=1S/C20H34O/c1-7-18(4)13-9-16-19(5)12-8-11-17(2,3)15(19)10-14-20(16,6)21-18/h7,15-16H,1,8-14H2,2-6H3/t15-,16?,18+,19-,20+/m0/s1. The van der Waals surface area contributed by atoms with Crippen molar-refractivity contribution in [3.63, 3.8) is 0 Å². The van der Waals surface area contributed by atoms with Crippen LogP contribution in [0.1, 0.15) is 79.6 Å². The van der Waals surface area contributed by atoms with Gasteiger partial charge in [-0.25, -0.2) is 0 Å². The van der Waals surface area contributed by atoms with Gasteiger partial charge < -0.3 is 4.74 Å². The first-order valence-electron chi connectivity index (χ1n) is 8.99. The molecule has 120 valence electrons. The van der Waals surface area contributed by atoms with E-state index in [1.54, 1.807) is 0 Å². The second kappa shape index (κ2) is 4.60. The minimum atomic E-state index is -0.112. The van der Waals surface area contributed by atoms with Crippen molar-refractivity contribution < 1.29 is 4.74 Å². The van der Waals surface area contributed by atoms with Gasteiger partial charge in [0.25, 0.3) is 0 Å². The van der Waals surface area contributed by atoms with E-state index in [1.165, 1.54) is 38.5 Å². The van der Waals surface area contributed by atoms with Gasteiger partial charge in [-0.3, -0.25) is 0 Å². The topological polar surface area (TPSA) is 9.23 Å². The molecule has 21 heavy (non-hydrogen) atoms. The summed E-state index contributed by atoms with van der Waals surface area (Å²) in [4.78, 5) is 0. The Labute approximate surface area is 131 Å². The van der Waals surface area contributed by atoms with Crippen molar-refractivity contribution in [3.8, 4) is 0 Å². The van der Waals surface area contributed by atoms with Gasteiger partial charge in [0.1, 0.15) is 0 Å². The van der Waals surface area contributed by atoms with E-state index in [2.05, 4.69) is 41.2 Å². The molecule has 2 aliphatic carbocycles. The molecule has 0 radical (unpaired) electrons. The Bertz CT molecular complexity index is 439. The Morgan fingerprint density at radius 1 is 0.905 bits per heavy atom. The maximum atomic E-state index is 6.68.